The van der Waals surface area contributed by atoms with E-state index in [2.05, 4.69) is 75.6 Å². The van der Waals surface area contributed by atoms with E-state index in [1.165, 1.54) is 0 Å². The van der Waals surface area contributed by atoms with Crippen LogP contribution in [0, 0.1) is 0 Å². The molecule has 1 aliphatic heterocycles. The number of esters is 1. The lowest BCUT2D eigenvalue weighted by Gasteiger charge is -2.34. The predicted molar refractivity (Wildman–Crippen MR) is 170 cm³/mol. The minimum atomic E-state index is -1.33. The zero-order valence-electron chi connectivity index (χ0n) is 26.2. The first kappa shape index (κ1) is 31.2. The van der Waals surface area contributed by atoms with E-state index in [4.69, 9.17) is 19.2 Å². The highest BCUT2D eigenvalue weighted by atomic mass is 16.6. The van der Waals surface area contributed by atoms with Gasteiger partial charge in [-0.25, -0.2) is 4.79 Å². The summed E-state index contributed by atoms with van der Waals surface area (Å²) in [5.41, 5.74) is 3.30. The molecule has 3 aromatic rings. The van der Waals surface area contributed by atoms with Gasteiger partial charge >= 0.3 is 5.97 Å². The monoisotopic (exact) mass is 573 g/mol. The minimum absolute atomic E-state index is 0.405. The Morgan fingerprint density at radius 3 is 1.69 bits per heavy atom. The summed E-state index contributed by atoms with van der Waals surface area (Å²) in [4.78, 5) is 22.9. The maximum absolute atomic E-state index is 13.5. The molecule has 0 amide bonds. The van der Waals surface area contributed by atoms with Gasteiger partial charge < -0.3 is 24.0 Å². The second kappa shape index (κ2) is 14.4. The zero-order chi connectivity index (χ0) is 30.1. The maximum atomic E-state index is 13.5. The molecule has 0 bridgehead atoms. The van der Waals surface area contributed by atoms with Gasteiger partial charge in [-0.05, 0) is 76.9 Å². The number of ether oxygens (including phenoxy) is 3. The molecule has 0 spiro atoms. The van der Waals surface area contributed by atoms with Crippen LogP contribution >= 0.6 is 0 Å². The fourth-order valence-electron chi connectivity index (χ4n) is 5.67. The number of cyclic esters (lactones) is 1. The van der Waals surface area contributed by atoms with Crippen LogP contribution in [0.25, 0.3) is 0 Å². The number of unbranched alkanes of at least 4 members (excludes halogenated alkanes) is 2. The van der Waals surface area contributed by atoms with Crippen LogP contribution in [0.3, 0.4) is 0 Å². The summed E-state index contributed by atoms with van der Waals surface area (Å²) < 4.78 is 19.5. The van der Waals surface area contributed by atoms with Gasteiger partial charge in [-0.2, -0.15) is 0 Å². The van der Waals surface area contributed by atoms with Gasteiger partial charge in [0.1, 0.15) is 17.2 Å². The molecule has 4 rings (SSSR count). The third-order valence-electron chi connectivity index (χ3n) is 8.06. The number of rotatable bonds is 16. The van der Waals surface area contributed by atoms with E-state index in [0.29, 0.717) is 36.0 Å². The molecule has 7 nitrogen and oxygen atoms in total. The quantitative estimate of drug-likeness (QED) is 0.129. The summed E-state index contributed by atoms with van der Waals surface area (Å²) >= 11 is 0. The third kappa shape index (κ3) is 6.06. The molecule has 0 saturated heterocycles. The van der Waals surface area contributed by atoms with E-state index >= 15 is 0 Å². The van der Waals surface area contributed by atoms with Crippen LogP contribution in [-0.2, 0) is 10.3 Å². The molecule has 0 saturated carbocycles. The van der Waals surface area contributed by atoms with Gasteiger partial charge in [0.05, 0.1) is 18.8 Å². The van der Waals surface area contributed by atoms with E-state index in [9.17, 15) is 4.79 Å². The molecule has 0 radical (unpaired) electrons. The number of aromatic nitrogens is 1. The Hall–Kier alpha value is -3.74. The molecule has 42 heavy (non-hydrogen) atoms. The Kier molecular flexibility index (Phi) is 10.7. The first-order valence-electron chi connectivity index (χ1n) is 15.7. The first-order chi connectivity index (χ1) is 20.5. The van der Waals surface area contributed by atoms with Crippen molar-refractivity contribution < 1.29 is 19.0 Å². The number of carbonyl (C=O) groups is 1. The lowest BCUT2D eigenvalue weighted by atomic mass is 9.81. The predicted octanol–water partition coefficient (Wildman–Crippen LogP) is 7.59. The van der Waals surface area contributed by atoms with Crippen LogP contribution in [-0.4, -0.2) is 50.3 Å². The largest absolute Gasteiger partial charge is 0.493 e. The van der Waals surface area contributed by atoms with E-state index in [1.807, 2.05) is 12.1 Å². The number of benzene rings is 2. The summed E-state index contributed by atoms with van der Waals surface area (Å²) in [6.07, 6.45) is 5.58. The molecule has 0 unspecified atom stereocenters. The van der Waals surface area contributed by atoms with Crippen LogP contribution in [0.15, 0.2) is 54.7 Å². The van der Waals surface area contributed by atoms with Crippen molar-refractivity contribution in [1.29, 1.82) is 0 Å². The van der Waals surface area contributed by atoms with Gasteiger partial charge in [0, 0.05) is 67.0 Å². The second-order valence-corrected chi connectivity index (χ2v) is 10.6. The summed E-state index contributed by atoms with van der Waals surface area (Å²) in [6, 6.07) is 16.0. The molecule has 1 aromatic heterocycles. The van der Waals surface area contributed by atoms with Crippen molar-refractivity contribution in [3.63, 3.8) is 0 Å². The fraction of sp³-hybridized carbons (Fsp3) is 0.486. The Morgan fingerprint density at radius 2 is 1.24 bits per heavy atom. The lowest BCUT2D eigenvalue weighted by Crippen LogP contribution is -2.32. The van der Waals surface area contributed by atoms with Gasteiger partial charge in [0.2, 0.25) is 5.60 Å². The zero-order valence-corrected chi connectivity index (χ0v) is 26.2. The lowest BCUT2D eigenvalue weighted by molar-refractivity contribution is 0.0227. The standard InChI is InChI=1S/C35H47N3O4/c1-7-13-22-40-31-24-26(37(9-3)10-4)17-19-29(31)35(33-28(34(39)42-35)16-15-21-36-33)30-20-18-27(38(11-5)12-6)25-32(30)41-23-14-8-2/h15-21,24-25H,7-14,22-23H2,1-6H3. The SMILES string of the molecule is CCCCOc1cc(N(CC)CC)ccc1C1(c2ccc(N(CC)CC)cc2OCCCC)OC(=O)c2cccnc21. The summed E-state index contributed by atoms with van der Waals surface area (Å²) in [6.45, 7) is 17.5. The molecule has 0 atom stereocenters. The van der Waals surface area contributed by atoms with Gasteiger partial charge in [0.15, 0.2) is 0 Å². The van der Waals surface area contributed by atoms with Crippen molar-refractivity contribution >= 4 is 17.3 Å². The van der Waals surface area contributed by atoms with Gasteiger partial charge in [0.25, 0.3) is 0 Å². The minimum Gasteiger partial charge on any atom is -0.493 e. The summed E-state index contributed by atoms with van der Waals surface area (Å²) in [5, 5.41) is 0. The van der Waals surface area contributed by atoms with Crippen molar-refractivity contribution in [2.45, 2.75) is 72.8 Å². The van der Waals surface area contributed by atoms with Crippen molar-refractivity contribution in [2.24, 2.45) is 0 Å². The first-order valence-corrected chi connectivity index (χ1v) is 15.7. The van der Waals surface area contributed by atoms with Crippen molar-refractivity contribution in [2.75, 3.05) is 49.2 Å². The summed E-state index contributed by atoms with van der Waals surface area (Å²) in [7, 11) is 0. The number of anilines is 2. The molecule has 0 aliphatic carbocycles. The smallest absolute Gasteiger partial charge is 0.341 e. The Balaban J connectivity index is 2.02. The average molecular weight is 574 g/mol. The van der Waals surface area contributed by atoms with Crippen molar-refractivity contribution in [3.05, 3.63) is 77.1 Å². The molecular weight excluding hydrogens is 526 g/mol. The fourth-order valence-corrected chi connectivity index (χ4v) is 5.67. The van der Waals surface area contributed by atoms with Crippen molar-refractivity contribution in [3.8, 4) is 11.5 Å². The maximum Gasteiger partial charge on any atom is 0.341 e. The van der Waals surface area contributed by atoms with Crippen LogP contribution in [0.2, 0.25) is 0 Å². The molecular formula is C35H47N3O4. The van der Waals surface area contributed by atoms with Crippen LogP contribution < -0.4 is 19.3 Å². The molecule has 7 heteroatoms. The molecule has 0 N–H and O–H groups in total. The number of pyridine rings is 1. The highest BCUT2D eigenvalue weighted by Gasteiger charge is 2.53. The average Bonchev–Trinajstić information content (AvgIpc) is 3.31. The van der Waals surface area contributed by atoms with E-state index in [0.717, 1.165) is 74.4 Å². The van der Waals surface area contributed by atoms with E-state index in [1.54, 1.807) is 18.3 Å². The number of hydrogen-bond acceptors (Lipinski definition) is 7. The Morgan fingerprint density at radius 1 is 0.738 bits per heavy atom. The van der Waals surface area contributed by atoms with E-state index in [-0.39, 0.29) is 0 Å². The molecule has 1 aliphatic rings. The van der Waals surface area contributed by atoms with E-state index < -0.39 is 11.6 Å². The molecule has 2 aromatic carbocycles. The van der Waals surface area contributed by atoms with Crippen molar-refractivity contribution in [1.82, 2.24) is 4.98 Å². The normalized spacial score (nSPS) is 13.4. The molecule has 226 valence electrons. The Bertz CT molecular complexity index is 1260. The van der Waals surface area contributed by atoms with Crippen LogP contribution in [0.5, 0.6) is 11.5 Å². The third-order valence-corrected chi connectivity index (χ3v) is 8.06. The molecule has 0 fully saturated rings. The highest BCUT2D eigenvalue weighted by Crippen LogP contribution is 2.52. The van der Waals surface area contributed by atoms with Crippen LogP contribution in [0.4, 0.5) is 11.4 Å². The highest BCUT2D eigenvalue weighted by molar-refractivity contribution is 5.96. The number of hydrogen-bond donors (Lipinski definition) is 0. The van der Waals surface area contributed by atoms with Gasteiger partial charge in [-0.1, -0.05) is 26.7 Å². The number of fused-ring (bicyclic) bond motifs is 1. The molecule has 2 heterocycles. The summed E-state index contributed by atoms with van der Waals surface area (Å²) in [5.74, 6) is 0.968. The van der Waals surface area contributed by atoms with Gasteiger partial charge in [-0.3, -0.25) is 4.98 Å². The Labute approximate surface area is 251 Å². The van der Waals surface area contributed by atoms with Crippen LogP contribution in [0.1, 0.15) is 94.4 Å². The number of carbonyl (C=O) groups excluding carboxylic acids is 1. The number of nitrogens with zero attached hydrogens (tertiary/aromatic N) is 3. The van der Waals surface area contributed by atoms with Gasteiger partial charge in [-0.15, -0.1) is 0 Å². The topological polar surface area (TPSA) is 64.1 Å². The second-order valence-electron chi connectivity index (χ2n) is 10.6.